The average Bonchev–Trinajstić information content (AvgIpc) is 2.98. The van der Waals surface area contributed by atoms with Crippen molar-refractivity contribution < 1.29 is 9.53 Å². The van der Waals surface area contributed by atoms with Crippen LogP contribution in [0.1, 0.15) is 33.8 Å². The molecule has 2 aromatic heterocycles. The molecular weight excluding hydrogens is 300 g/mol. The molecule has 2 heterocycles. The van der Waals surface area contributed by atoms with Gasteiger partial charge in [-0.25, -0.2) is 4.79 Å². The summed E-state index contributed by atoms with van der Waals surface area (Å²) in [6, 6.07) is 1.89. The lowest BCUT2D eigenvalue weighted by Crippen LogP contribution is -2.36. The van der Waals surface area contributed by atoms with Gasteiger partial charge in [0.05, 0.1) is 25.3 Å². The van der Waals surface area contributed by atoms with Crippen LogP contribution in [0.3, 0.4) is 0 Å². The van der Waals surface area contributed by atoms with Gasteiger partial charge in [0.25, 0.3) is 0 Å². The van der Waals surface area contributed by atoms with E-state index in [1.54, 1.807) is 23.1 Å². The van der Waals surface area contributed by atoms with Crippen LogP contribution in [0.4, 0.5) is 4.79 Å². The monoisotopic (exact) mass is 322 g/mol. The second-order valence-electron chi connectivity index (χ2n) is 5.25. The Kier molecular flexibility index (Phi) is 5.07. The third-order valence-corrected chi connectivity index (χ3v) is 4.37. The highest BCUT2D eigenvalue weighted by Gasteiger charge is 2.14. The van der Waals surface area contributed by atoms with Crippen LogP contribution >= 0.6 is 11.3 Å². The first-order valence-corrected chi connectivity index (χ1v) is 7.90. The van der Waals surface area contributed by atoms with Gasteiger partial charge in [0.15, 0.2) is 0 Å². The fourth-order valence-corrected chi connectivity index (χ4v) is 3.41. The minimum absolute atomic E-state index is 0.0271. The summed E-state index contributed by atoms with van der Waals surface area (Å²) in [5, 5.41) is 9.94. The molecule has 0 saturated carbocycles. The van der Waals surface area contributed by atoms with Crippen molar-refractivity contribution >= 4 is 17.4 Å². The molecule has 2 N–H and O–H groups in total. The second-order valence-corrected chi connectivity index (χ2v) is 6.72. The summed E-state index contributed by atoms with van der Waals surface area (Å²) in [5.41, 5.74) is 2.01. The molecule has 6 nitrogen and oxygen atoms in total. The molecule has 0 aliphatic heterocycles. The van der Waals surface area contributed by atoms with Gasteiger partial charge < -0.3 is 15.4 Å². The molecule has 120 valence electrons. The van der Waals surface area contributed by atoms with Gasteiger partial charge >= 0.3 is 6.03 Å². The van der Waals surface area contributed by atoms with Gasteiger partial charge in [-0.15, -0.1) is 16.4 Å². The molecule has 0 radical (unpaired) electrons. The predicted octanol–water partition coefficient (Wildman–Crippen LogP) is 2.67. The number of aromatic nitrogens is 2. The van der Waals surface area contributed by atoms with E-state index in [0.717, 1.165) is 11.1 Å². The highest BCUT2D eigenvalue weighted by atomic mass is 32.1. The van der Waals surface area contributed by atoms with E-state index < -0.39 is 0 Å². The summed E-state index contributed by atoms with van der Waals surface area (Å²) in [4.78, 5) is 14.5. The number of carbonyl (C=O) groups excluding carboxylic acids is 1. The Balaban J connectivity index is 1.91. The zero-order valence-electron chi connectivity index (χ0n) is 13.6. The maximum absolute atomic E-state index is 12.0. The maximum atomic E-state index is 12.0. The third kappa shape index (κ3) is 3.79. The molecule has 2 rings (SSSR count). The van der Waals surface area contributed by atoms with Crippen molar-refractivity contribution in [2.24, 2.45) is 7.05 Å². The molecule has 1 atom stereocenters. The van der Waals surface area contributed by atoms with Crippen molar-refractivity contribution in [1.29, 1.82) is 0 Å². The van der Waals surface area contributed by atoms with E-state index in [4.69, 9.17) is 4.74 Å². The topological polar surface area (TPSA) is 68.2 Å². The van der Waals surface area contributed by atoms with E-state index in [-0.39, 0.29) is 12.1 Å². The van der Waals surface area contributed by atoms with Crippen LogP contribution < -0.4 is 15.4 Å². The summed E-state index contributed by atoms with van der Waals surface area (Å²) in [7, 11) is 3.38. The molecular formula is C15H22N4O2S. The van der Waals surface area contributed by atoms with Gasteiger partial charge in [0.2, 0.25) is 5.88 Å². The van der Waals surface area contributed by atoms with Crippen LogP contribution in [0, 0.1) is 13.8 Å². The Morgan fingerprint density at radius 2 is 2.23 bits per heavy atom. The smallest absolute Gasteiger partial charge is 0.315 e. The largest absolute Gasteiger partial charge is 0.480 e. The molecule has 22 heavy (non-hydrogen) atoms. The van der Waals surface area contributed by atoms with Crippen LogP contribution in [0.15, 0.2) is 12.3 Å². The molecule has 0 fully saturated rings. The average molecular weight is 322 g/mol. The first-order valence-electron chi connectivity index (χ1n) is 7.08. The number of carbonyl (C=O) groups is 1. The molecule has 0 saturated heterocycles. The number of thiophene rings is 1. The molecule has 0 spiro atoms. The summed E-state index contributed by atoms with van der Waals surface area (Å²) in [5.74, 6) is 0.528. The Bertz CT molecular complexity index is 663. The number of amides is 2. The van der Waals surface area contributed by atoms with Crippen LogP contribution in [0.2, 0.25) is 0 Å². The molecule has 0 aliphatic carbocycles. The summed E-state index contributed by atoms with van der Waals surface area (Å²) in [6.45, 7) is 6.50. The molecule has 1 unspecified atom stereocenters. The van der Waals surface area contributed by atoms with E-state index in [1.165, 1.54) is 9.75 Å². The quantitative estimate of drug-likeness (QED) is 0.889. The van der Waals surface area contributed by atoms with Crippen LogP contribution in [-0.4, -0.2) is 22.9 Å². The van der Waals surface area contributed by atoms with E-state index in [0.29, 0.717) is 12.4 Å². The highest BCUT2D eigenvalue weighted by molar-refractivity contribution is 7.12. The number of aryl methyl sites for hydroxylation is 3. The number of hydrogen-bond donors (Lipinski definition) is 2. The minimum atomic E-state index is -0.207. The van der Waals surface area contributed by atoms with Crippen molar-refractivity contribution in [3.05, 3.63) is 33.1 Å². The number of ether oxygens (including phenoxy) is 1. The first-order chi connectivity index (χ1) is 10.4. The molecule has 0 aliphatic rings. The van der Waals surface area contributed by atoms with Crippen LogP contribution in [0.5, 0.6) is 5.88 Å². The van der Waals surface area contributed by atoms with Gasteiger partial charge in [-0.05, 0) is 32.4 Å². The molecule has 2 amide bonds. The Morgan fingerprint density at radius 3 is 2.82 bits per heavy atom. The molecule has 0 bridgehead atoms. The predicted molar refractivity (Wildman–Crippen MR) is 87.3 cm³/mol. The SMILES string of the molecule is COc1nn(C)cc1CNC(=O)NC(C)c1cc(C)sc1C. The Labute approximate surface area is 134 Å². The van der Waals surface area contributed by atoms with Crippen molar-refractivity contribution in [2.45, 2.75) is 33.4 Å². The lowest BCUT2D eigenvalue weighted by Gasteiger charge is -2.14. The fourth-order valence-electron chi connectivity index (χ4n) is 2.39. The zero-order chi connectivity index (χ0) is 16.3. The van der Waals surface area contributed by atoms with Crippen molar-refractivity contribution in [1.82, 2.24) is 20.4 Å². The Morgan fingerprint density at radius 1 is 1.50 bits per heavy atom. The maximum Gasteiger partial charge on any atom is 0.315 e. The van der Waals surface area contributed by atoms with Crippen molar-refractivity contribution in [2.75, 3.05) is 7.11 Å². The first kappa shape index (κ1) is 16.4. The summed E-state index contributed by atoms with van der Waals surface area (Å²) in [6.07, 6.45) is 1.83. The second kappa shape index (κ2) is 6.83. The van der Waals surface area contributed by atoms with Crippen molar-refractivity contribution in [3.63, 3.8) is 0 Å². The minimum Gasteiger partial charge on any atom is -0.480 e. The summed E-state index contributed by atoms with van der Waals surface area (Å²) < 4.78 is 6.83. The van der Waals surface area contributed by atoms with Crippen LogP contribution in [0.25, 0.3) is 0 Å². The molecule has 7 heteroatoms. The van der Waals surface area contributed by atoms with Gasteiger partial charge in [0, 0.05) is 23.0 Å². The van der Waals surface area contributed by atoms with E-state index in [1.807, 2.05) is 20.2 Å². The van der Waals surface area contributed by atoms with Gasteiger partial charge in [-0.2, -0.15) is 0 Å². The standard InChI is InChI=1S/C15H22N4O2S/c1-9-6-13(11(3)22-9)10(2)17-15(20)16-7-12-8-19(4)18-14(12)21-5/h6,8,10H,7H2,1-5H3,(H2,16,17,20). The lowest BCUT2D eigenvalue weighted by atomic mass is 10.1. The third-order valence-electron chi connectivity index (χ3n) is 3.39. The number of nitrogens with zero attached hydrogens (tertiary/aromatic N) is 2. The van der Waals surface area contributed by atoms with Gasteiger partial charge in [0.1, 0.15) is 0 Å². The zero-order valence-corrected chi connectivity index (χ0v) is 14.4. The normalized spacial score (nSPS) is 12.0. The Hall–Kier alpha value is -2.02. The van der Waals surface area contributed by atoms with Gasteiger partial charge in [-0.3, -0.25) is 4.68 Å². The molecule has 2 aromatic rings. The highest BCUT2D eigenvalue weighted by Crippen LogP contribution is 2.26. The van der Waals surface area contributed by atoms with E-state index >= 15 is 0 Å². The number of rotatable bonds is 5. The number of methoxy groups -OCH3 is 1. The summed E-state index contributed by atoms with van der Waals surface area (Å²) >= 11 is 1.74. The van der Waals surface area contributed by atoms with E-state index in [9.17, 15) is 4.79 Å². The van der Waals surface area contributed by atoms with Crippen molar-refractivity contribution in [3.8, 4) is 5.88 Å². The van der Waals surface area contributed by atoms with Gasteiger partial charge in [-0.1, -0.05) is 0 Å². The van der Waals surface area contributed by atoms with Crippen LogP contribution in [-0.2, 0) is 13.6 Å². The fraction of sp³-hybridized carbons (Fsp3) is 0.467. The molecule has 0 aromatic carbocycles. The number of urea groups is 1. The lowest BCUT2D eigenvalue weighted by molar-refractivity contribution is 0.237. The van der Waals surface area contributed by atoms with E-state index in [2.05, 4.69) is 35.6 Å². The number of hydrogen-bond acceptors (Lipinski definition) is 4. The number of nitrogens with one attached hydrogen (secondary N) is 2.